The Labute approximate surface area is 145 Å². The Kier molecular flexibility index (Phi) is 5.63. The van der Waals surface area contributed by atoms with Gasteiger partial charge in [0.25, 0.3) is 0 Å². The number of amides is 3. The van der Waals surface area contributed by atoms with Crippen molar-refractivity contribution < 1.29 is 14.4 Å². The lowest BCUT2D eigenvalue weighted by Crippen LogP contribution is -2.43. The van der Waals surface area contributed by atoms with Crippen molar-refractivity contribution in [2.24, 2.45) is 0 Å². The standard InChI is InChI=1S/C17H23N3O3S/c21-15(12-20-16(22)3-4-17(20)23)18-7-10-19-8-5-13(6-9-19)14-2-1-11-24-14/h1-2,11,13H,3-10,12H2,(H,18,21). The molecule has 0 radical (unpaired) electrons. The average molecular weight is 349 g/mol. The minimum Gasteiger partial charge on any atom is -0.353 e. The first-order valence-corrected chi connectivity index (χ1v) is 9.37. The lowest BCUT2D eigenvalue weighted by molar-refractivity contribution is -0.142. The van der Waals surface area contributed by atoms with E-state index in [0.29, 0.717) is 12.5 Å². The minimum absolute atomic E-state index is 0.141. The molecule has 0 bridgehead atoms. The van der Waals surface area contributed by atoms with E-state index in [9.17, 15) is 14.4 Å². The molecule has 2 fully saturated rings. The van der Waals surface area contributed by atoms with Gasteiger partial charge in [-0.3, -0.25) is 19.3 Å². The van der Waals surface area contributed by atoms with Crippen molar-refractivity contribution in [3.05, 3.63) is 22.4 Å². The molecule has 1 N–H and O–H groups in total. The van der Waals surface area contributed by atoms with E-state index >= 15 is 0 Å². The minimum atomic E-state index is -0.257. The summed E-state index contributed by atoms with van der Waals surface area (Å²) in [6.45, 7) is 3.31. The topological polar surface area (TPSA) is 69.7 Å². The Hall–Kier alpha value is -1.73. The van der Waals surface area contributed by atoms with Crippen molar-refractivity contribution >= 4 is 29.1 Å². The zero-order chi connectivity index (χ0) is 16.9. The van der Waals surface area contributed by atoms with Crippen molar-refractivity contribution in [2.75, 3.05) is 32.7 Å². The summed E-state index contributed by atoms with van der Waals surface area (Å²) in [5.41, 5.74) is 0. The molecule has 0 aliphatic carbocycles. The van der Waals surface area contributed by atoms with Crippen LogP contribution < -0.4 is 5.32 Å². The molecule has 3 rings (SSSR count). The molecule has 0 saturated carbocycles. The van der Waals surface area contributed by atoms with Crippen LogP contribution in [0.4, 0.5) is 0 Å². The number of hydrogen-bond acceptors (Lipinski definition) is 5. The van der Waals surface area contributed by atoms with Gasteiger partial charge >= 0.3 is 0 Å². The van der Waals surface area contributed by atoms with Crippen molar-refractivity contribution in [3.8, 4) is 0 Å². The first kappa shape index (κ1) is 17.1. The summed E-state index contributed by atoms with van der Waals surface area (Å²) in [4.78, 5) is 39.7. The van der Waals surface area contributed by atoms with Crippen LogP contribution in [0.25, 0.3) is 0 Å². The number of carbonyl (C=O) groups is 3. The predicted molar refractivity (Wildman–Crippen MR) is 91.7 cm³/mol. The van der Waals surface area contributed by atoms with Gasteiger partial charge in [0.05, 0.1) is 0 Å². The molecular weight excluding hydrogens is 326 g/mol. The van der Waals surface area contributed by atoms with Crippen LogP contribution in [0.15, 0.2) is 17.5 Å². The van der Waals surface area contributed by atoms with Gasteiger partial charge in [-0.25, -0.2) is 0 Å². The highest BCUT2D eigenvalue weighted by Gasteiger charge is 2.30. The number of nitrogens with zero attached hydrogens (tertiary/aromatic N) is 2. The van der Waals surface area contributed by atoms with E-state index in [1.165, 1.54) is 4.88 Å². The van der Waals surface area contributed by atoms with Crippen molar-refractivity contribution in [1.82, 2.24) is 15.1 Å². The summed E-state index contributed by atoms with van der Waals surface area (Å²) in [5.74, 6) is -0.0771. The number of hydrogen-bond donors (Lipinski definition) is 1. The molecule has 2 aliphatic rings. The van der Waals surface area contributed by atoms with Crippen LogP contribution >= 0.6 is 11.3 Å². The van der Waals surface area contributed by atoms with Gasteiger partial charge in [0.1, 0.15) is 6.54 Å². The summed E-state index contributed by atoms with van der Waals surface area (Å²) < 4.78 is 0. The maximum Gasteiger partial charge on any atom is 0.240 e. The second-order valence-electron chi connectivity index (χ2n) is 6.35. The molecule has 0 spiro atoms. The monoisotopic (exact) mass is 349 g/mol. The molecule has 3 amide bonds. The lowest BCUT2D eigenvalue weighted by Gasteiger charge is -2.31. The Morgan fingerprint density at radius 3 is 2.54 bits per heavy atom. The average Bonchev–Trinajstić information content (AvgIpc) is 3.21. The van der Waals surface area contributed by atoms with Gasteiger partial charge in [0, 0.05) is 30.8 Å². The number of rotatable bonds is 6. The Balaban J connectivity index is 1.33. The van der Waals surface area contributed by atoms with Gasteiger partial charge in [0.15, 0.2) is 0 Å². The largest absolute Gasteiger partial charge is 0.353 e. The maximum atomic E-state index is 11.9. The molecule has 2 saturated heterocycles. The lowest BCUT2D eigenvalue weighted by atomic mass is 9.95. The molecule has 0 unspecified atom stereocenters. The molecule has 0 aromatic carbocycles. The van der Waals surface area contributed by atoms with Gasteiger partial charge < -0.3 is 10.2 Å². The van der Waals surface area contributed by atoms with Crippen LogP contribution in [-0.2, 0) is 14.4 Å². The van der Waals surface area contributed by atoms with Gasteiger partial charge in [-0.05, 0) is 43.3 Å². The Morgan fingerprint density at radius 2 is 1.92 bits per heavy atom. The van der Waals surface area contributed by atoms with Crippen molar-refractivity contribution in [1.29, 1.82) is 0 Å². The molecule has 3 heterocycles. The van der Waals surface area contributed by atoms with Crippen molar-refractivity contribution in [3.63, 3.8) is 0 Å². The smallest absolute Gasteiger partial charge is 0.240 e. The molecule has 24 heavy (non-hydrogen) atoms. The highest BCUT2D eigenvalue weighted by molar-refractivity contribution is 7.10. The van der Waals surface area contributed by atoms with E-state index in [0.717, 1.165) is 37.4 Å². The first-order valence-electron chi connectivity index (χ1n) is 8.49. The SMILES string of the molecule is O=C(CN1C(=O)CCC1=O)NCCN1CCC(c2cccs2)CC1. The third-order valence-electron chi connectivity index (χ3n) is 4.74. The van der Waals surface area contributed by atoms with Crippen LogP contribution in [0.2, 0.25) is 0 Å². The summed E-state index contributed by atoms with van der Waals surface area (Å²) in [6, 6.07) is 4.32. The van der Waals surface area contributed by atoms with Crippen LogP contribution in [0.3, 0.4) is 0 Å². The van der Waals surface area contributed by atoms with E-state index in [-0.39, 0.29) is 37.1 Å². The van der Waals surface area contributed by atoms with Gasteiger partial charge in [-0.15, -0.1) is 11.3 Å². The molecular formula is C17H23N3O3S. The molecule has 1 aromatic rings. The summed E-state index contributed by atoms with van der Waals surface area (Å²) >= 11 is 1.83. The Bertz CT molecular complexity index is 578. The van der Waals surface area contributed by atoms with E-state index in [1.807, 2.05) is 11.3 Å². The second-order valence-corrected chi connectivity index (χ2v) is 7.33. The van der Waals surface area contributed by atoms with E-state index in [1.54, 1.807) is 0 Å². The third-order valence-corrected chi connectivity index (χ3v) is 5.77. The normalized spacial score (nSPS) is 19.9. The molecule has 6 nitrogen and oxygen atoms in total. The second kappa shape index (κ2) is 7.90. The highest BCUT2D eigenvalue weighted by atomic mass is 32.1. The highest BCUT2D eigenvalue weighted by Crippen LogP contribution is 2.30. The number of nitrogens with one attached hydrogen (secondary N) is 1. The molecule has 2 aliphatic heterocycles. The summed E-state index contributed by atoms with van der Waals surface area (Å²) in [5, 5.41) is 4.94. The van der Waals surface area contributed by atoms with E-state index in [4.69, 9.17) is 0 Å². The molecule has 1 aromatic heterocycles. The number of likely N-dealkylation sites (tertiary alicyclic amines) is 2. The fraction of sp³-hybridized carbons (Fsp3) is 0.588. The summed E-state index contributed by atoms with van der Waals surface area (Å²) in [7, 11) is 0. The van der Waals surface area contributed by atoms with Crippen LogP contribution in [0.1, 0.15) is 36.5 Å². The number of carbonyl (C=O) groups excluding carboxylic acids is 3. The molecule has 0 atom stereocenters. The molecule has 130 valence electrons. The fourth-order valence-electron chi connectivity index (χ4n) is 3.32. The van der Waals surface area contributed by atoms with Gasteiger partial charge in [-0.2, -0.15) is 0 Å². The van der Waals surface area contributed by atoms with Gasteiger partial charge in [0.2, 0.25) is 17.7 Å². The van der Waals surface area contributed by atoms with Gasteiger partial charge in [-0.1, -0.05) is 6.07 Å². The van der Waals surface area contributed by atoms with Crippen LogP contribution in [0, 0.1) is 0 Å². The maximum absolute atomic E-state index is 11.9. The number of thiophene rings is 1. The van der Waals surface area contributed by atoms with E-state index in [2.05, 4.69) is 27.7 Å². The zero-order valence-corrected chi connectivity index (χ0v) is 14.5. The third kappa shape index (κ3) is 4.21. The first-order chi connectivity index (χ1) is 11.6. The quantitative estimate of drug-likeness (QED) is 0.784. The Morgan fingerprint density at radius 1 is 1.21 bits per heavy atom. The van der Waals surface area contributed by atoms with Crippen molar-refractivity contribution in [2.45, 2.75) is 31.6 Å². The number of imide groups is 1. The number of piperidine rings is 1. The zero-order valence-electron chi connectivity index (χ0n) is 13.7. The van der Waals surface area contributed by atoms with Crippen LogP contribution in [0.5, 0.6) is 0 Å². The van der Waals surface area contributed by atoms with E-state index < -0.39 is 0 Å². The summed E-state index contributed by atoms with van der Waals surface area (Å²) in [6.07, 6.45) is 2.77. The fourth-order valence-corrected chi connectivity index (χ4v) is 4.22. The molecule has 7 heteroatoms. The predicted octanol–water partition coefficient (Wildman–Crippen LogP) is 1.19. The van der Waals surface area contributed by atoms with Crippen LogP contribution in [-0.4, -0.2) is 60.2 Å².